The van der Waals surface area contributed by atoms with Gasteiger partial charge < -0.3 is 19.7 Å². The molecule has 0 bridgehead atoms. The fraction of sp³-hybridized carbons (Fsp3) is 0.500. The van der Waals surface area contributed by atoms with Crippen LogP contribution in [0.1, 0.15) is 10.5 Å². The summed E-state index contributed by atoms with van der Waals surface area (Å²) in [4.78, 5) is 11.3. The minimum absolute atomic E-state index is 0.180. The number of nitrogens with zero attached hydrogens (tertiary/aromatic N) is 1. The Hall–Kier alpha value is -1.40. The summed E-state index contributed by atoms with van der Waals surface area (Å²) >= 11 is 0. The van der Waals surface area contributed by atoms with Crippen molar-refractivity contribution in [2.75, 3.05) is 20.3 Å². The molecule has 1 atom stereocenters. The van der Waals surface area contributed by atoms with E-state index in [0.717, 1.165) is 0 Å². The molecule has 0 spiro atoms. The zero-order valence-electron chi connectivity index (χ0n) is 7.77. The van der Waals surface area contributed by atoms with E-state index in [1.807, 2.05) is 0 Å². The maximum Gasteiger partial charge on any atom is 0.273 e. The highest BCUT2D eigenvalue weighted by Gasteiger charge is 2.14. The van der Waals surface area contributed by atoms with E-state index < -0.39 is 11.9 Å². The third-order valence-electron chi connectivity index (χ3n) is 1.59. The van der Waals surface area contributed by atoms with Crippen LogP contribution in [-0.2, 0) is 4.74 Å². The lowest BCUT2D eigenvalue weighted by atomic mass is 10.3. The Kier molecular flexibility index (Phi) is 4.09. The summed E-state index contributed by atoms with van der Waals surface area (Å²) in [5.74, 6) is -0.394. The Morgan fingerprint density at radius 3 is 3.14 bits per heavy atom. The summed E-state index contributed by atoms with van der Waals surface area (Å²) in [5.41, 5.74) is 0.180. The quantitative estimate of drug-likeness (QED) is 0.663. The highest BCUT2D eigenvalue weighted by atomic mass is 16.5. The van der Waals surface area contributed by atoms with E-state index in [1.165, 1.54) is 19.4 Å². The van der Waals surface area contributed by atoms with Crippen molar-refractivity contribution in [1.29, 1.82) is 0 Å². The molecule has 0 aliphatic rings. The van der Waals surface area contributed by atoms with Crippen LogP contribution in [0, 0.1) is 0 Å². The van der Waals surface area contributed by atoms with E-state index in [9.17, 15) is 4.79 Å². The molecule has 78 valence electrons. The fourth-order valence-electron chi connectivity index (χ4n) is 0.930. The first-order valence-corrected chi connectivity index (χ1v) is 4.09. The van der Waals surface area contributed by atoms with Crippen LogP contribution in [-0.4, -0.2) is 42.5 Å². The van der Waals surface area contributed by atoms with Gasteiger partial charge in [0.15, 0.2) is 5.69 Å². The fourth-order valence-corrected chi connectivity index (χ4v) is 0.930. The largest absolute Gasteiger partial charge is 0.394 e. The first-order valence-electron chi connectivity index (χ1n) is 4.09. The first kappa shape index (κ1) is 10.7. The predicted octanol–water partition coefficient (Wildman–Crippen LogP) is -0.588. The summed E-state index contributed by atoms with van der Waals surface area (Å²) in [5, 5.41) is 14.9. The van der Waals surface area contributed by atoms with E-state index in [0.29, 0.717) is 0 Å². The molecule has 0 aliphatic heterocycles. The number of nitrogens with one attached hydrogen (secondary N) is 1. The highest BCUT2D eigenvalue weighted by molar-refractivity contribution is 5.92. The standard InChI is InChI=1S/C8H12N2O4/c1-13-5-6(4-11)9-8(12)7-2-3-14-10-7/h2-3,6,11H,4-5H2,1H3,(H,9,12). The average Bonchev–Trinajstić information content (AvgIpc) is 2.69. The van der Waals surface area contributed by atoms with Gasteiger partial charge in [0.1, 0.15) is 6.26 Å². The number of rotatable bonds is 5. The van der Waals surface area contributed by atoms with Gasteiger partial charge in [-0.05, 0) is 0 Å². The lowest BCUT2D eigenvalue weighted by molar-refractivity contribution is 0.0831. The van der Waals surface area contributed by atoms with E-state index in [1.54, 1.807) is 0 Å². The SMILES string of the molecule is COCC(CO)NC(=O)c1ccon1. The van der Waals surface area contributed by atoms with Crippen LogP contribution < -0.4 is 5.32 Å². The highest BCUT2D eigenvalue weighted by Crippen LogP contribution is 1.95. The van der Waals surface area contributed by atoms with Crippen LogP contribution in [0.3, 0.4) is 0 Å². The van der Waals surface area contributed by atoms with Crippen molar-refractivity contribution in [3.05, 3.63) is 18.0 Å². The minimum Gasteiger partial charge on any atom is -0.394 e. The second kappa shape index (κ2) is 5.36. The van der Waals surface area contributed by atoms with Gasteiger partial charge in [0.25, 0.3) is 5.91 Å². The molecule has 0 fully saturated rings. The van der Waals surface area contributed by atoms with Gasteiger partial charge in [-0.2, -0.15) is 0 Å². The molecule has 0 radical (unpaired) electrons. The normalized spacial score (nSPS) is 12.4. The van der Waals surface area contributed by atoms with Gasteiger partial charge in [-0.1, -0.05) is 5.16 Å². The number of carbonyl (C=O) groups is 1. The molecule has 6 heteroatoms. The third kappa shape index (κ3) is 2.82. The smallest absolute Gasteiger partial charge is 0.273 e. The number of hydrogen-bond acceptors (Lipinski definition) is 5. The number of carbonyl (C=O) groups excluding carboxylic acids is 1. The molecule has 0 saturated heterocycles. The molecule has 14 heavy (non-hydrogen) atoms. The van der Waals surface area contributed by atoms with Crippen molar-refractivity contribution >= 4 is 5.91 Å². The van der Waals surface area contributed by atoms with Gasteiger partial charge in [-0.25, -0.2) is 0 Å². The lowest BCUT2D eigenvalue weighted by Gasteiger charge is -2.13. The molecule has 1 rings (SSSR count). The monoisotopic (exact) mass is 200 g/mol. The molecule has 6 nitrogen and oxygen atoms in total. The van der Waals surface area contributed by atoms with Crippen molar-refractivity contribution < 1.29 is 19.2 Å². The summed E-state index contributed by atoms with van der Waals surface area (Å²) in [6, 6.07) is 1.01. The molecule has 0 aromatic carbocycles. The zero-order valence-corrected chi connectivity index (χ0v) is 7.77. The number of aliphatic hydroxyl groups is 1. The molecule has 0 aliphatic carbocycles. The average molecular weight is 200 g/mol. The predicted molar refractivity (Wildman–Crippen MR) is 46.7 cm³/mol. The van der Waals surface area contributed by atoms with Crippen LogP contribution in [0.15, 0.2) is 16.9 Å². The van der Waals surface area contributed by atoms with E-state index in [2.05, 4.69) is 15.0 Å². The number of aliphatic hydroxyl groups excluding tert-OH is 1. The van der Waals surface area contributed by atoms with Crippen molar-refractivity contribution in [1.82, 2.24) is 10.5 Å². The summed E-state index contributed by atoms with van der Waals surface area (Å²) in [6.07, 6.45) is 1.30. The first-order chi connectivity index (χ1) is 6.77. The summed E-state index contributed by atoms with van der Waals surface area (Å²) in [7, 11) is 1.49. The Bertz CT molecular complexity index is 273. The number of amides is 1. The van der Waals surface area contributed by atoms with Crippen molar-refractivity contribution in [2.24, 2.45) is 0 Å². The third-order valence-corrected chi connectivity index (χ3v) is 1.59. The van der Waals surface area contributed by atoms with Gasteiger partial charge >= 0.3 is 0 Å². The Balaban J connectivity index is 2.47. The number of aromatic nitrogens is 1. The van der Waals surface area contributed by atoms with Gasteiger partial charge in [-0.15, -0.1) is 0 Å². The van der Waals surface area contributed by atoms with E-state index in [4.69, 9.17) is 9.84 Å². The van der Waals surface area contributed by atoms with Gasteiger partial charge in [0.05, 0.1) is 19.3 Å². The van der Waals surface area contributed by atoms with Crippen molar-refractivity contribution in [3.8, 4) is 0 Å². The molecule has 1 aromatic rings. The molecule has 2 N–H and O–H groups in total. The lowest BCUT2D eigenvalue weighted by Crippen LogP contribution is -2.40. The number of methoxy groups -OCH3 is 1. The molecular formula is C8H12N2O4. The molecule has 1 aromatic heterocycles. The second-order valence-corrected chi connectivity index (χ2v) is 2.69. The second-order valence-electron chi connectivity index (χ2n) is 2.69. The summed E-state index contributed by atoms with van der Waals surface area (Å²) in [6.45, 7) is 0.0670. The van der Waals surface area contributed by atoms with Crippen LogP contribution in [0.4, 0.5) is 0 Å². The maximum atomic E-state index is 11.3. The Labute approximate surface area is 80.8 Å². The van der Waals surface area contributed by atoms with Crippen LogP contribution in [0.2, 0.25) is 0 Å². The van der Waals surface area contributed by atoms with Gasteiger partial charge in [-0.3, -0.25) is 4.79 Å². The van der Waals surface area contributed by atoms with Crippen LogP contribution in [0.25, 0.3) is 0 Å². The summed E-state index contributed by atoms with van der Waals surface area (Å²) < 4.78 is 9.30. The van der Waals surface area contributed by atoms with E-state index >= 15 is 0 Å². The van der Waals surface area contributed by atoms with Gasteiger partial charge in [0, 0.05) is 13.2 Å². The zero-order chi connectivity index (χ0) is 10.4. The molecule has 1 unspecified atom stereocenters. The Morgan fingerprint density at radius 1 is 1.86 bits per heavy atom. The van der Waals surface area contributed by atoms with Crippen LogP contribution in [0.5, 0.6) is 0 Å². The molecule has 1 amide bonds. The number of hydrogen-bond donors (Lipinski definition) is 2. The molecule has 1 heterocycles. The van der Waals surface area contributed by atoms with Crippen molar-refractivity contribution in [3.63, 3.8) is 0 Å². The number of ether oxygens (including phenoxy) is 1. The Morgan fingerprint density at radius 2 is 2.64 bits per heavy atom. The van der Waals surface area contributed by atoms with E-state index in [-0.39, 0.29) is 18.9 Å². The maximum absolute atomic E-state index is 11.3. The minimum atomic E-state index is -0.427. The van der Waals surface area contributed by atoms with Crippen LogP contribution >= 0.6 is 0 Å². The topological polar surface area (TPSA) is 84.6 Å². The molecule has 0 saturated carbocycles. The van der Waals surface area contributed by atoms with Gasteiger partial charge in [0.2, 0.25) is 0 Å². The molecular weight excluding hydrogens is 188 g/mol. The van der Waals surface area contributed by atoms with Crippen molar-refractivity contribution in [2.45, 2.75) is 6.04 Å².